The van der Waals surface area contributed by atoms with Gasteiger partial charge in [0.15, 0.2) is 0 Å². The average Bonchev–Trinajstić information content (AvgIpc) is 3.60. The number of carbonyl (C=O) groups excluding carboxylic acids is 1. The van der Waals surface area contributed by atoms with Crippen LogP contribution >= 0.6 is 0 Å². The molecule has 7 heteroatoms. The molecule has 0 spiro atoms. The summed E-state index contributed by atoms with van der Waals surface area (Å²) >= 11 is 0. The molecule has 3 aliphatic rings. The van der Waals surface area contributed by atoms with Crippen molar-refractivity contribution in [3.63, 3.8) is 0 Å². The van der Waals surface area contributed by atoms with Crippen LogP contribution in [0.5, 0.6) is 5.75 Å². The first-order valence-electron chi connectivity index (χ1n) is 13.0. The number of aromatic nitrogens is 1. The number of pyridine rings is 1. The van der Waals surface area contributed by atoms with Crippen LogP contribution in [0, 0.1) is 0 Å². The van der Waals surface area contributed by atoms with Crippen LogP contribution in [0.4, 0.5) is 5.82 Å². The van der Waals surface area contributed by atoms with Gasteiger partial charge in [0.2, 0.25) is 5.91 Å². The van der Waals surface area contributed by atoms with Crippen molar-refractivity contribution in [1.29, 1.82) is 0 Å². The highest BCUT2D eigenvalue weighted by Crippen LogP contribution is 2.43. The molecular weight excluding hydrogens is 442 g/mol. The van der Waals surface area contributed by atoms with Crippen LogP contribution in [0.25, 0.3) is 0 Å². The maximum Gasteiger partial charge on any atom is 0.312 e. The molecule has 1 saturated carbocycles. The van der Waals surface area contributed by atoms with Crippen LogP contribution in [0.3, 0.4) is 0 Å². The first kappa shape index (κ1) is 23.6. The zero-order valence-corrected chi connectivity index (χ0v) is 20.5. The highest BCUT2D eigenvalue weighted by molar-refractivity contribution is 5.80. The smallest absolute Gasteiger partial charge is 0.312 e. The number of amides is 1. The van der Waals surface area contributed by atoms with Gasteiger partial charge in [0.25, 0.3) is 0 Å². The molecule has 1 amide bonds. The summed E-state index contributed by atoms with van der Waals surface area (Å²) < 4.78 is 5.60. The molecule has 1 unspecified atom stereocenters. The number of nitrogens with one attached hydrogen (secondary N) is 1. The van der Waals surface area contributed by atoms with Gasteiger partial charge in [0, 0.05) is 38.7 Å². The number of carbonyl (C=O) groups is 2. The van der Waals surface area contributed by atoms with Crippen LogP contribution in [0.15, 0.2) is 24.3 Å². The molecule has 35 heavy (non-hydrogen) atoms. The molecule has 1 aromatic heterocycles. The zero-order valence-electron chi connectivity index (χ0n) is 20.5. The van der Waals surface area contributed by atoms with Crippen molar-refractivity contribution in [2.45, 2.75) is 69.6 Å². The molecule has 2 aromatic rings. The number of benzene rings is 1. The van der Waals surface area contributed by atoms with E-state index in [1.807, 2.05) is 18.2 Å². The molecule has 2 aliphatic heterocycles. The fraction of sp³-hybridized carbons (Fsp3) is 0.536. The third kappa shape index (κ3) is 5.44. The molecule has 5 rings (SSSR count). The number of ether oxygens (including phenoxy) is 1. The summed E-state index contributed by atoms with van der Waals surface area (Å²) in [4.78, 5) is 31.3. The Kier molecular flexibility index (Phi) is 6.93. The van der Waals surface area contributed by atoms with E-state index in [1.54, 1.807) is 11.9 Å². The lowest BCUT2D eigenvalue weighted by Crippen LogP contribution is -2.33. The van der Waals surface area contributed by atoms with E-state index < -0.39 is 11.9 Å². The van der Waals surface area contributed by atoms with Gasteiger partial charge in [-0.05, 0) is 79.2 Å². The number of fused-ring (bicyclic) bond motifs is 2. The van der Waals surface area contributed by atoms with Crippen molar-refractivity contribution < 1.29 is 19.4 Å². The Hall–Kier alpha value is -3.09. The summed E-state index contributed by atoms with van der Waals surface area (Å²) in [5, 5.41) is 13.3. The number of nitrogens with zero attached hydrogens (tertiary/aromatic N) is 2. The first-order valence-corrected chi connectivity index (χ1v) is 13.0. The molecular formula is C28H35N3O4. The summed E-state index contributed by atoms with van der Waals surface area (Å²) in [6.45, 7) is 1.77. The summed E-state index contributed by atoms with van der Waals surface area (Å²) in [6, 6.07) is 7.98. The fourth-order valence-corrected chi connectivity index (χ4v) is 5.25. The SMILES string of the molecule is CN(CC(C(=O)O)c1ccc2c(c1)OCC2)C(=O)CCCCc1nc2c(cc1C1CC1)CCCN2. The summed E-state index contributed by atoms with van der Waals surface area (Å²) in [5.41, 5.74) is 5.74. The van der Waals surface area contributed by atoms with Crippen molar-refractivity contribution in [1.82, 2.24) is 9.88 Å². The normalized spacial score (nSPS) is 17.1. The molecule has 0 bridgehead atoms. The molecule has 1 fully saturated rings. The van der Waals surface area contributed by atoms with Gasteiger partial charge in [-0.15, -0.1) is 0 Å². The third-order valence-corrected chi connectivity index (χ3v) is 7.50. The van der Waals surface area contributed by atoms with Crippen LogP contribution in [0.1, 0.15) is 78.3 Å². The standard InChI is InChI=1S/C28H35N3O4/c1-31(17-23(28(33)34)20-11-10-19-12-14-35-25(19)16-20)26(32)7-3-2-6-24-22(18-8-9-18)15-21-5-4-13-29-27(21)30-24/h10-11,15-16,18,23H,2-9,12-14,17H2,1H3,(H,29,30)(H,33,34). The van der Waals surface area contributed by atoms with E-state index >= 15 is 0 Å². The number of hydrogen-bond donors (Lipinski definition) is 2. The van der Waals surface area contributed by atoms with Crippen LogP contribution < -0.4 is 10.1 Å². The number of aliphatic carboxylic acids is 1. The van der Waals surface area contributed by atoms with E-state index in [0.29, 0.717) is 24.5 Å². The van der Waals surface area contributed by atoms with Gasteiger partial charge >= 0.3 is 5.97 Å². The van der Waals surface area contributed by atoms with Gasteiger partial charge in [-0.25, -0.2) is 4.98 Å². The van der Waals surface area contributed by atoms with Gasteiger partial charge in [0.05, 0.1) is 12.5 Å². The third-order valence-electron chi connectivity index (χ3n) is 7.50. The lowest BCUT2D eigenvalue weighted by Gasteiger charge is -2.22. The maximum atomic E-state index is 12.8. The second kappa shape index (κ2) is 10.3. The second-order valence-electron chi connectivity index (χ2n) is 10.2. The summed E-state index contributed by atoms with van der Waals surface area (Å²) in [7, 11) is 1.70. The minimum Gasteiger partial charge on any atom is -0.493 e. The maximum absolute atomic E-state index is 12.8. The predicted octanol–water partition coefficient (Wildman–Crippen LogP) is 4.29. The van der Waals surface area contributed by atoms with E-state index in [4.69, 9.17) is 9.72 Å². The summed E-state index contributed by atoms with van der Waals surface area (Å²) in [5.74, 6) is 0.752. The lowest BCUT2D eigenvalue weighted by atomic mass is 9.96. The van der Waals surface area contributed by atoms with Crippen LogP contribution in [-0.4, -0.2) is 53.6 Å². The van der Waals surface area contributed by atoms with E-state index in [1.165, 1.54) is 29.7 Å². The highest BCUT2D eigenvalue weighted by Gasteiger charge is 2.29. The Morgan fingerprint density at radius 3 is 2.86 bits per heavy atom. The largest absolute Gasteiger partial charge is 0.493 e. The first-order chi connectivity index (χ1) is 17.0. The predicted molar refractivity (Wildman–Crippen MR) is 134 cm³/mol. The van der Waals surface area contributed by atoms with Crippen molar-refractivity contribution in [2.75, 3.05) is 32.1 Å². The van der Waals surface area contributed by atoms with Crippen molar-refractivity contribution in [2.24, 2.45) is 0 Å². The molecule has 0 radical (unpaired) electrons. The van der Waals surface area contributed by atoms with Gasteiger partial charge in [-0.1, -0.05) is 18.2 Å². The summed E-state index contributed by atoms with van der Waals surface area (Å²) in [6.07, 6.45) is 8.59. The Bertz CT molecular complexity index is 1110. The molecule has 1 aliphatic carbocycles. The molecule has 3 heterocycles. The molecule has 1 atom stereocenters. The highest BCUT2D eigenvalue weighted by atomic mass is 16.5. The quantitative estimate of drug-likeness (QED) is 0.496. The molecule has 0 saturated heterocycles. The Morgan fingerprint density at radius 2 is 2.06 bits per heavy atom. The average molecular weight is 478 g/mol. The van der Waals surface area contributed by atoms with Gasteiger partial charge in [-0.2, -0.15) is 0 Å². The number of anilines is 1. The molecule has 1 aromatic carbocycles. The van der Waals surface area contributed by atoms with Gasteiger partial charge < -0.3 is 20.1 Å². The van der Waals surface area contributed by atoms with Crippen molar-refractivity contribution in [3.8, 4) is 5.75 Å². The van der Waals surface area contributed by atoms with Crippen LogP contribution in [-0.2, 0) is 28.9 Å². The minimum atomic E-state index is -0.928. The molecule has 2 N–H and O–H groups in total. The van der Waals surface area contributed by atoms with E-state index in [9.17, 15) is 14.7 Å². The van der Waals surface area contributed by atoms with E-state index in [0.717, 1.165) is 62.2 Å². The monoisotopic (exact) mass is 477 g/mol. The number of aryl methyl sites for hydroxylation is 2. The lowest BCUT2D eigenvalue weighted by molar-refractivity contribution is -0.140. The van der Waals surface area contributed by atoms with E-state index in [-0.39, 0.29) is 12.5 Å². The van der Waals surface area contributed by atoms with Crippen LogP contribution in [0.2, 0.25) is 0 Å². The number of hydrogen-bond acceptors (Lipinski definition) is 5. The van der Waals surface area contributed by atoms with Gasteiger partial charge in [0.1, 0.15) is 11.6 Å². The topological polar surface area (TPSA) is 91.8 Å². The zero-order chi connectivity index (χ0) is 24.4. The number of likely N-dealkylation sites (N-methyl/N-ethyl adjacent to an activating group) is 1. The molecule has 7 nitrogen and oxygen atoms in total. The minimum absolute atomic E-state index is 0.0175. The number of rotatable bonds is 10. The Morgan fingerprint density at radius 1 is 1.20 bits per heavy atom. The Balaban J connectivity index is 1.14. The number of carboxylic acid groups (broad SMARTS) is 1. The fourth-order valence-electron chi connectivity index (χ4n) is 5.25. The number of carboxylic acids is 1. The molecule has 186 valence electrons. The van der Waals surface area contributed by atoms with E-state index in [2.05, 4.69) is 11.4 Å². The Labute approximate surface area is 206 Å². The second-order valence-corrected chi connectivity index (χ2v) is 10.2. The van der Waals surface area contributed by atoms with Crippen molar-refractivity contribution in [3.05, 3.63) is 52.2 Å². The van der Waals surface area contributed by atoms with Crippen molar-refractivity contribution >= 4 is 17.7 Å². The van der Waals surface area contributed by atoms with Gasteiger partial charge in [-0.3, -0.25) is 9.59 Å². The number of unbranched alkanes of at least 4 members (excludes halogenated alkanes) is 1.